The van der Waals surface area contributed by atoms with E-state index in [1.54, 1.807) is 0 Å². The summed E-state index contributed by atoms with van der Waals surface area (Å²) in [5.74, 6) is -2.74. The van der Waals surface area contributed by atoms with Crippen molar-refractivity contribution >= 4 is 18.0 Å². The van der Waals surface area contributed by atoms with Crippen molar-refractivity contribution in [3.05, 3.63) is 35.4 Å². The van der Waals surface area contributed by atoms with Crippen LogP contribution in [0.3, 0.4) is 0 Å². The molecule has 5 nitrogen and oxygen atoms in total. The minimum absolute atomic E-state index is 0.220. The smallest absolute Gasteiger partial charge is 0.339 e. The lowest BCUT2D eigenvalue weighted by molar-refractivity contribution is -0.131. The molecule has 15 heavy (non-hydrogen) atoms. The van der Waals surface area contributed by atoms with Crippen LogP contribution in [0.1, 0.15) is 15.9 Å². The van der Waals surface area contributed by atoms with Gasteiger partial charge in [0.2, 0.25) is 0 Å². The van der Waals surface area contributed by atoms with Crippen LogP contribution >= 0.6 is 0 Å². The van der Waals surface area contributed by atoms with Gasteiger partial charge in [-0.3, -0.25) is 0 Å². The maximum Gasteiger partial charge on any atom is 0.339 e. The number of aromatic hydroxyl groups is 1. The molecule has 0 aliphatic rings. The Hall–Kier alpha value is -2.30. The number of carbonyl (C=O) groups is 2. The summed E-state index contributed by atoms with van der Waals surface area (Å²) in [6, 6.07) is 3.80. The summed E-state index contributed by atoms with van der Waals surface area (Å²) < 4.78 is 0. The third kappa shape index (κ3) is 2.84. The highest BCUT2D eigenvalue weighted by Gasteiger charge is 2.08. The van der Waals surface area contributed by atoms with Crippen molar-refractivity contribution in [2.24, 2.45) is 0 Å². The second kappa shape index (κ2) is 4.28. The van der Waals surface area contributed by atoms with Crippen molar-refractivity contribution in [2.45, 2.75) is 0 Å². The number of aliphatic carboxylic acids is 1. The van der Waals surface area contributed by atoms with Crippen molar-refractivity contribution in [3.63, 3.8) is 0 Å². The Labute approximate surface area is 84.9 Å². The van der Waals surface area contributed by atoms with Crippen LogP contribution in [0.2, 0.25) is 0 Å². The van der Waals surface area contributed by atoms with E-state index in [4.69, 9.17) is 10.2 Å². The number of phenols is 1. The van der Waals surface area contributed by atoms with Gasteiger partial charge in [-0.1, -0.05) is 6.07 Å². The molecular weight excluding hydrogens is 200 g/mol. The van der Waals surface area contributed by atoms with Gasteiger partial charge in [0.05, 0.1) is 0 Å². The number of benzene rings is 1. The Morgan fingerprint density at radius 1 is 1.20 bits per heavy atom. The summed E-state index contributed by atoms with van der Waals surface area (Å²) in [5.41, 5.74) is 0.197. The van der Waals surface area contributed by atoms with Crippen LogP contribution in [0.15, 0.2) is 24.3 Å². The van der Waals surface area contributed by atoms with E-state index in [9.17, 15) is 14.7 Å². The standard InChI is InChI=1S/C10H8O5/c11-8-5-6(2-4-9(12)13)1-3-7(8)10(14)15/h1-5,11H,(H,12,13)(H,14,15). The number of aromatic carboxylic acids is 1. The zero-order chi connectivity index (χ0) is 11.4. The van der Waals surface area contributed by atoms with Gasteiger partial charge in [-0.15, -0.1) is 0 Å². The molecule has 0 spiro atoms. The normalized spacial score (nSPS) is 10.4. The van der Waals surface area contributed by atoms with Crippen molar-refractivity contribution in [3.8, 4) is 5.75 Å². The van der Waals surface area contributed by atoms with Gasteiger partial charge in [0, 0.05) is 6.08 Å². The first-order valence-electron chi connectivity index (χ1n) is 3.98. The van der Waals surface area contributed by atoms with E-state index in [1.807, 2.05) is 0 Å². The van der Waals surface area contributed by atoms with Gasteiger partial charge in [-0.05, 0) is 23.8 Å². The SMILES string of the molecule is O=C(O)C=Cc1ccc(C(=O)O)c(O)c1. The average Bonchev–Trinajstić information content (AvgIpc) is 2.14. The highest BCUT2D eigenvalue weighted by Crippen LogP contribution is 2.19. The highest BCUT2D eigenvalue weighted by atomic mass is 16.4. The van der Waals surface area contributed by atoms with Gasteiger partial charge >= 0.3 is 11.9 Å². The largest absolute Gasteiger partial charge is 0.507 e. The molecule has 1 aromatic rings. The van der Waals surface area contributed by atoms with Crippen LogP contribution in [0, 0.1) is 0 Å². The van der Waals surface area contributed by atoms with Gasteiger partial charge in [-0.25, -0.2) is 9.59 Å². The maximum absolute atomic E-state index is 10.5. The van der Waals surface area contributed by atoms with E-state index in [0.29, 0.717) is 5.56 Å². The first-order chi connectivity index (χ1) is 7.00. The topological polar surface area (TPSA) is 94.8 Å². The number of rotatable bonds is 3. The molecule has 1 rings (SSSR count). The second-order valence-electron chi connectivity index (χ2n) is 2.75. The lowest BCUT2D eigenvalue weighted by Gasteiger charge is -1.99. The third-order valence-electron chi connectivity index (χ3n) is 1.67. The molecule has 0 amide bonds. The summed E-state index contributed by atoms with van der Waals surface area (Å²) in [5, 5.41) is 26.2. The minimum Gasteiger partial charge on any atom is -0.507 e. The Kier molecular flexibility index (Phi) is 3.07. The molecule has 1 aromatic carbocycles. The van der Waals surface area contributed by atoms with Crippen LogP contribution in [-0.4, -0.2) is 27.3 Å². The van der Waals surface area contributed by atoms with Gasteiger partial charge in [0.1, 0.15) is 11.3 Å². The molecule has 0 unspecified atom stereocenters. The maximum atomic E-state index is 10.5. The molecule has 0 bridgehead atoms. The van der Waals surface area contributed by atoms with E-state index in [-0.39, 0.29) is 5.56 Å². The summed E-state index contributed by atoms with van der Waals surface area (Å²) >= 11 is 0. The summed E-state index contributed by atoms with van der Waals surface area (Å²) in [6.07, 6.45) is 2.16. The zero-order valence-corrected chi connectivity index (χ0v) is 7.54. The Balaban J connectivity index is 3.01. The highest BCUT2D eigenvalue weighted by molar-refractivity contribution is 5.91. The first kappa shape index (κ1) is 10.8. The molecule has 0 radical (unpaired) electrons. The van der Waals surface area contributed by atoms with E-state index in [0.717, 1.165) is 6.08 Å². The summed E-state index contributed by atoms with van der Waals surface area (Å²) in [7, 11) is 0. The molecule has 3 N–H and O–H groups in total. The van der Waals surface area contributed by atoms with Crippen molar-refractivity contribution in [1.29, 1.82) is 0 Å². The number of carboxylic acid groups (broad SMARTS) is 2. The van der Waals surface area contributed by atoms with Gasteiger partial charge in [0.25, 0.3) is 0 Å². The Morgan fingerprint density at radius 3 is 2.33 bits per heavy atom. The van der Waals surface area contributed by atoms with Crippen LogP contribution in [0.5, 0.6) is 5.75 Å². The van der Waals surface area contributed by atoms with E-state index in [1.165, 1.54) is 24.3 Å². The van der Waals surface area contributed by atoms with E-state index in [2.05, 4.69) is 0 Å². The van der Waals surface area contributed by atoms with Crippen LogP contribution in [0.4, 0.5) is 0 Å². The fourth-order valence-corrected chi connectivity index (χ4v) is 1.00. The molecule has 0 fully saturated rings. The first-order valence-corrected chi connectivity index (χ1v) is 3.98. The molecule has 5 heteroatoms. The average molecular weight is 208 g/mol. The lowest BCUT2D eigenvalue weighted by atomic mass is 10.1. The van der Waals surface area contributed by atoms with Crippen molar-refractivity contribution < 1.29 is 24.9 Å². The fraction of sp³-hybridized carbons (Fsp3) is 0. The number of hydrogen-bond acceptors (Lipinski definition) is 3. The van der Waals surface area contributed by atoms with Gasteiger partial charge < -0.3 is 15.3 Å². The molecule has 0 heterocycles. The minimum atomic E-state index is -1.23. The van der Waals surface area contributed by atoms with Crippen molar-refractivity contribution in [2.75, 3.05) is 0 Å². The van der Waals surface area contributed by atoms with Gasteiger partial charge in [-0.2, -0.15) is 0 Å². The molecule has 0 aliphatic heterocycles. The van der Waals surface area contributed by atoms with Crippen molar-refractivity contribution in [1.82, 2.24) is 0 Å². The van der Waals surface area contributed by atoms with Crippen LogP contribution in [-0.2, 0) is 4.79 Å². The monoisotopic (exact) mass is 208 g/mol. The Morgan fingerprint density at radius 2 is 1.87 bits per heavy atom. The van der Waals surface area contributed by atoms with Gasteiger partial charge in [0.15, 0.2) is 0 Å². The second-order valence-corrected chi connectivity index (χ2v) is 2.75. The van der Waals surface area contributed by atoms with E-state index >= 15 is 0 Å². The molecule has 0 saturated heterocycles. The van der Waals surface area contributed by atoms with Crippen LogP contribution < -0.4 is 0 Å². The molecule has 78 valence electrons. The predicted octanol–water partition coefficient (Wildman–Crippen LogP) is 1.19. The summed E-state index contributed by atoms with van der Waals surface area (Å²) in [6.45, 7) is 0. The molecule has 0 saturated carbocycles. The Bertz CT molecular complexity index is 433. The fourth-order valence-electron chi connectivity index (χ4n) is 1.00. The predicted molar refractivity (Wildman–Crippen MR) is 51.7 cm³/mol. The quantitative estimate of drug-likeness (QED) is 0.648. The molecule has 0 aromatic heterocycles. The molecule has 0 atom stereocenters. The van der Waals surface area contributed by atoms with Crippen LogP contribution in [0.25, 0.3) is 6.08 Å². The molecule has 0 aliphatic carbocycles. The number of hydrogen-bond donors (Lipinski definition) is 3. The third-order valence-corrected chi connectivity index (χ3v) is 1.67. The zero-order valence-electron chi connectivity index (χ0n) is 7.54. The lowest BCUT2D eigenvalue weighted by Crippen LogP contribution is -1.96. The number of carboxylic acids is 2. The molecular formula is C10H8O5. The van der Waals surface area contributed by atoms with E-state index < -0.39 is 17.7 Å². The summed E-state index contributed by atoms with van der Waals surface area (Å²) in [4.78, 5) is 20.7.